The molecule has 2 nitrogen and oxygen atoms in total. The third-order valence-corrected chi connectivity index (χ3v) is 2.59. The summed E-state index contributed by atoms with van der Waals surface area (Å²) in [7, 11) is 0. The molecule has 2 N–H and O–H groups in total. The van der Waals surface area contributed by atoms with Crippen molar-refractivity contribution in [3.05, 3.63) is 30.1 Å². The van der Waals surface area contributed by atoms with Gasteiger partial charge in [0.05, 0.1) is 6.61 Å². The van der Waals surface area contributed by atoms with Crippen LogP contribution < -0.4 is 5.32 Å². The number of unbranched alkanes of at least 4 members (excludes halogenated alkanes) is 2. The highest BCUT2D eigenvalue weighted by Crippen LogP contribution is 2.12. The van der Waals surface area contributed by atoms with E-state index in [1.807, 2.05) is 0 Å². The molecule has 1 rings (SSSR count). The molecule has 0 aliphatic heterocycles. The molecule has 0 amide bonds. The Morgan fingerprint density at radius 2 is 1.94 bits per heavy atom. The number of benzene rings is 1. The number of aliphatic hydroxyl groups excluding tert-OH is 1. The minimum absolute atomic E-state index is 0.0667. The first kappa shape index (κ1) is 13.0. The first-order valence-electron chi connectivity index (χ1n) is 5.89. The van der Waals surface area contributed by atoms with Gasteiger partial charge in [-0.05, 0) is 30.7 Å². The molecule has 16 heavy (non-hydrogen) atoms. The Bertz CT molecular complexity index is 286. The van der Waals surface area contributed by atoms with Crippen molar-refractivity contribution in [3.63, 3.8) is 0 Å². The predicted molar refractivity (Wildman–Crippen MR) is 65.0 cm³/mol. The van der Waals surface area contributed by atoms with Gasteiger partial charge < -0.3 is 10.4 Å². The van der Waals surface area contributed by atoms with Crippen molar-refractivity contribution < 1.29 is 9.50 Å². The van der Waals surface area contributed by atoms with Crippen molar-refractivity contribution in [2.45, 2.75) is 38.6 Å². The zero-order chi connectivity index (χ0) is 11.8. The number of rotatable bonds is 7. The smallest absolute Gasteiger partial charge is 0.123 e. The molecule has 1 atom stereocenters. The monoisotopic (exact) mass is 225 g/mol. The van der Waals surface area contributed by atoms with Gasteiger partial charge in [-0.3, -0.25) is 0 Å². The molecule has 1 aromatic carbocycles. The molecular formula is C13H20FNO. The zero-order valence-electron chi connectivity index (χ0n) is 9.75. The Morgan fingerprint density at radius 1 is 1.25 bits per heavy atom. The second kappa shape index (κ2) is 7.23. The van der Waals surface area contributed by atoms with E-state index < -0.39 is 0 Å². The van der Waals surface area contributed by atoms with Crippen molar-refractivity contribution in [1.82, 2.24) is 0 Å². The molecule has 90 valence electrons. The summed E-state index contributed by atoms with van der Waals surface area (Å²) in [6.07, 6.45) is 4.41. The van der Waals surface area contributed by atoms with Crippen LogP contribution in [0.2, 0.25) is 0 Å². The van der Waals surface area contributed by atoms with Crippen LogP contribution in [-0.2, 0) is 0 Å². The lowest BCUT2D eigenvalue weighted by Crippen LogP contribution is -2.23. The summed E-state index contributed by atoms with van der Waals surface area (Å²) in [5.74, 6) is -0.239. The van der Waals surface area contributed by atoms with Gasteiger partial charge in [0.2, 0.25) is 0 Å². The molecule has 0 spiro atoms. The fourth-order valence-corrected chi connectivity index (χ4v) is 1.63. The number of hydrogen-bond acceptors (Lipinski definition) is 2. The van der Waals surface area contributed by atoms with Gasteiger partial charge in [0.25, 0.3) is 0 Å². The number of nitrogens with one attached hydrogen (secondary N) is 1. The van der Waals surface area contributed by atoms with Crippen LogP contribution in [0.1, 0.15) is 32.6 Å². The topological polar surface area (TPSA) is 32.3 Å². The summed E-state index contributed by atoms with van der Waals surface area (Å²) in [5, 5.41) is 12.4. The van der Waals surface area contributed by atoms with Gasteiger partial charge in [-0.15, -0.1) is 0 Å². The Morgan fingerprint density at radius 3 is 2.50 bits per heavy atom. The number of halogens is 1. The second-order valence-electron chi connectivity index (χ2n) is 4.03. The summed E-state index contributed by atoms with van der Waals surface area (Å²) in [5.41, 5.74) is 0.858. The second-order valence-corrected chi connectivity index (χ2v) is 4.03. The quantitative estimate of drug-likeness (QED) is 0.698. The van der Waals surface area contributed by atoms with E-state index in [2.05, 4.69) is 12.2 Å². The maximum absolute atomic E-state index is 12.7. The van der Waals surface area contributed by atoms with E-state index in [-0.39, 0.29) is 18.5 Å². The standard InChI is InChI=1S/C13H20FNO/c1-2-3-4-5-13(10-16)15-12-8-6-11(14)7-9-12/h6-9,13,15-16H,2-5,10H2,1H3. The van der Waals surface area contributed by atoms with Gasteiger partial charge in [0, 0.05) is 11.7 Å². The average Bonchev–Trinajstić information content (AvgIpc) is 2.31. The summed E-state index contributed by atoms with van der Waals surface area (Å²) in [4.78, 5) is 0. The van der Waals surface area contributed by atoms with Crippen LogP contribution in [0.4, 0.5) is 10.1 Å². The molecule has 1 aromatic rings. The highest BCUT2D eigenvalue weighted by atomic mass is 19.1. The van der Waals surface area contributed by atoms with Crippen LogP contribution in [0.15, 0.2) is 24.3 Å². The first-order valence-corrected chi connectivity index (χ1v) is 5.89. The van der Waals surface area contributed by atoms with E-state index in [1.165, 1.54) is 25.0 Å². The van der Waals surface area contributed by atoms with Gasteiger partial charge in [0.1, 0.15) is 5.82 Å². The lowest BCUT2D eigenvalue weighted by Gasteiger charge is -2.17. The molecule has 0 saturated heterocycles. The molecule has 0 aliphatic carbocycles. The Balaban J connectivity index is 2.40. The van der Waals surface area contributed by atoms with Gasteiger partial charge in [-0.25, -0.2) is 4.39 Å². The number of hydrogen-bond donors (Lipinski definition) is 2. The third kappa shape index (κ3) is 4.62. The lowest BCUT2D eigenvalue weighted by atomic mass is 10.1. The van der Waals surface area contributed by atoms with E-state index >= 15 is 0 Å². The van der Waals surface area contributed by atoms with E-state index in [4.69, 9.17) is 0 Å². The Hall–Kier alpha value is -1.09. The molecule has 0 heterocycles. The Kier molecular flexibility index (Phi) is 5.86. The van der Waals surface area contributed by atoms with Gasteiger partial charge in [-0.2, -0.15) is 0 Å². The van der Waals surface area contributed by atoms with Crippen molar-refractivity contribution in [3.8, 4) is 0 Å². The fraction of sp³-hybridized carbons (Fsp3) is 0.538. The molecule has 3 heteroatoms. The largest absolute Gasteiger partial charge is 0.394 e. The molecule has 0 aliphatic rings. The SMILES string of the molecule is CCCCCC(CO)Nc1ccc(F)cc1. The normalized spacial score (nSPS) is 12.4. The highest BCUT2D eigenvalue weighted by Gasteiger charge is 2.06. The van der Waals surface area contributed by atoms with E-state index in [9.17, 15) is 9.50 Å². The molecule has 0 bridgehead atoms. The molecule has 1 unspecified atom stereocenters. The van der Waals surface area contributed by atoms with Crippen LogP contribution in [0, 0.1) is 5.82 Å². The number of aliphatic hydroxyl groups is 1. The van der Waals surface area contributed by atoms with Gasteiger partial charge >= 0.3 is 0 Å². The fourth-order valence-electron chi connectivity index (χ4n) is 1.63. The highest BCUT2D eigenvalue weighted by molar-refractivity contribution is 5.43. The average molecular weight is 225 g/mol. The molecular weight excluding hydrogens is 205 g/mol. The third-order valence-electron chi connectivity index (χ3n) is 2.59. The first-order chi connectivity index (χ1) is 7.76. The van der Waals surface area contributed by atoms with Crippen LogP contribution in [0.5, 0.6) is 0 Å². The van der Waals surface area contributed by atoms with E-state index in [0.29, 0.717) is 0 Å². The minimum atomic E-state index is -0.239. The van der Waals surface area contributed by atoms with E-state index in [1.54, 1.807) is 12.1 Å². The van der Waals surface area contributed by atoms with E-state index in [0.717, 1.165) is 18.5 Å². The lowest BCUT2D eigenvalue weighted by molar-refractivity contribution is 0.266. The summed E-state index contributed by atoms with van der Waals surface area (Å²) >= 11 is 0. The maximum atomic E-state index is 12.7. The van der Waals surface area contributed by atoms with Crippen LogP contribution >= 0.6 is 0 Å². The van der Waals surface area contributed by atoms with Crippen molar-refractivity contribution in [1.29, 1.82) is 0 Å². The predicted octanol–water partition coefficient (Wildman–Crippen LogP) is 3.18. The van der Waals surface area contributed by atoms with Crippen LogP contribution in [0.3, 0.4) is 0 Å². The maximum Gasteiger partial charge on any atom is 0.123 e. The van der Waals surface area contributed by atoms with Crippen molar-refractivity contribution in [2.75, 3.05) is 11.9 Å². The van der Waals surface area contributed by atoms with Gasteiger partial charge in [-0.1, -0.05) is 26.2 Å². The molecule has 0 radical (unpaired) electrons. The number of anilines is 1. The summed E-state index contributed by atoms with van der Waals surface area (Å²) in [6, 6.07) is 6.29. The molecule has 0 saturated carbocycles. The van der Waals surface area contributed by atoms with Crippen LogP contribution in [0.25, 0.3) is 0 Å². The zero-order valence-corrected chi connectivity index (χ0v) is 9.75. The minimum Gasteiger partial charge on any atom is -0.394 e. The molecule has 0 fully saturated rings. The summed E-state index contributed by atoms with van der Waals surface area (Å²) in [6.45, 7) is 2.27. The molecule has 0 aromatic heterocycles. The van der Waals surface area contributed by atoms with Crippen molar-refractivity contribution >= 4 is 5.69 Å². The Labute approximate surface area is 96.5 Å². The van der Waals surface area contributed by atoms with Crippen LogP contribution in [-0.4, -0.2) is 17.8 Å². The summed E-state index contributed by atoms with van der Waals surface area (Å²) < 4.78 is 12.7. The van der Waals surface area contributed by atoms with Gasteiger partial charge in [0.15, 0.2) is 0 Å². The van der Waals surface area contributed by atoms with Crippen molar-refractivity contribution in [2.24, 2.45) is 0 Å².